The molecule has 0 aliphatic rings. The van der Waals surface area contributed by atoms with E-state index < -0.39 is 0 Å². The first-order chi connectivity index (χ1) is 10.2. The van der Waals surface area contributed by atoms with Gasteiger partial charge in [-0.25, -0.2) is 4.98 Å². The molecule has 2 rings (SSSR count). The monoisotopic (exact) mass is 364 g/mol. The van der Waals surface area contributed by atoms with Crippen molar-refractivity contribution in [3.8, 4) is 0 Å². The zero-order valence-electron chi connectivity index (χ0n) is 12.5. The molecule has 1 unspecified atom stereocenters. The number of hydrogen-bond donors (Lipinski definition) is 1. The standard InChI is InChI=1S/C17H21BrN2S/c1-3-4-13-5-7-14(8-6-13)16(19-2)12-21-17-10-9-15(18)11-20-17/h5-11,16,19H,3-4,12H2,1-2H3. The number of pyridine rings is 1. The summed E-state index contributed by atoms with van der Waals surface area (Å²) in [6.07, 6.45) is 4.19. The van der Waals surface area contributed by atoms with Crippen LogP contribution < -0.4 is 5.32 Å². The Balaban J connectivity index is 1.97. The first kappa shape index (κ1) is 16.5. The predicted molar refractivity (Wildman–Crippen MR) is 94.9 cm³/mol. The highest BCUT2D eigenvalue weighted by molar-refractivity contribution is 9.10. The van der Waals surface area contributed by atoms with Gasteiger partial charge in [-0.05, 0) is 52.7 Å². The van der Waals surface area contributed by atoms with E-state index in [-0.39, 0.29) is 0 Å². The number of halogens is 1. The van der Waals surface area contributed by atoms with E-state index in [1.807, 2.05) is 25.4 Å². The number of benzene rings is 1. The van der Waals surface area contributed by atoms with Crippen LogP contribution in [0.5, 0.6) is 0 Å². The molecule has 1 N–H and O–H groups in total. The van der Waals surface area contributed by atoms with E-state index in [9.17, 15) is 0 Å². The van der Waals surface area contributed by atoms with Gasteiger partial charge in [-0.3, -0.25) is 0 Å². The molecule has 1 aromatic heterocycles. The maximum absolute atomic E-state index is 4.40. The quantitative estimate of drug-likeness (QED) is 0.710. The molecular formula is C17H21BrN2S. The third-order valence-electron chi connectivity index (χ3n) is 3.37. The van der Waals surface area contributed by atoms with Gasteiger partial charge in [-0.2, -0.15) is 0 Å². The predicted octanol–water partition coefficient (Wildman–Crippen LogP) is 4.85. The Morgan fingerprint density at radius 3 is 2.52 bits per heavy atom. The van der Waals surface area contributed by atoms with E-state index in [0.717, 1.165) is 21.7 Å². The molecule has 0 saturated heterocycles. The highest BCUT2D eigenvalue weighted by Crippen LogP contribution is 2.24. The van der Waals surface area contributed by atoms with Crippen LogP contribution in [0, 0.1) is 0 Å². The Morgan fingerprint density at radius 1 is 1.19 bits per heavy atom. The SMILES string of the molecule is CCCc1ccc(C(CSc2ccc(Br)cn2)NC)cc1. The Labute approximate surface area is 139 Å². The summed E-state index contributed by atoms with van der Waals surface area (Å²) in [7, 11) is 2.01. The summed E-state index contributed by atoms with van der Waals surface area (Å²) in [4.78, 5) is 4.40. The lowest BCUT2D eigenvalue weighted by atomic mass is 10.0. The van der Waals surface area contributed by atoms with Gasteiger partial charge in [0.25, 0.3) is 0 Å². The lowest BCUT2D eigenvalue weighted by molar-refractivity contribution is 0.661. The Hall–Kier alpha value is -0.840. The fourth-order valence-corrected chi connectivity index (χ4v) is 3.39. The molecule has 0 bridgehead atoms. The van der Waals surface area contributed by atoms with Crippen LogP contribution in [-0.4, -0.2) is 17.8 Å². The summed E-state index contributed by atoms with van der Waals surface area (Å²) in [5.74, 6) is 0.970. The minimum absolute atomic E-state index is 0.344. The van der Waals surface area contributed by atoms with Crippen molar-refractivity contribution in [2.45, 2.75) is 30.8 Å². The van der Waals surface area contributed by atoms with Crippen LogP contribution >= 0.6 is 27.7 Å². The van der Waals surface area contributed by atoms with Gasteiger partial charge in [0.15, 0.2) is 0 Å². The molecule has 0 spiro atoms. The lowest BCUT2D eigenvalue weighted by Crippen LogP contribution is -2.18. The molecule has 1 atom stereocenters. The van der Waals surface area contributed by atoms with Crippen molar-refractivity contribution in [3.05, 3.63) is 58.2 Å². The number of hydrogen-bond acceptors (Lipinski definition) is 3. The number of nitrogens with one attached hydrogen (secondary N) is 1. The highest BCUT2D eigenvalue weighted by atomic mass is 79.9. The minimum Gasteiger partial charge on any atom is -0.312 e. The van der Waals surface area contributed by atoms with Crippen LogP contribution in [0.4, 0.5) is 0 Å². The average molecular weight is 365 g/mol. The molecule has 4 heteroatoms. The van der Waals surface area contributed by atoms with Crippen LogP contribution in [0.25, 0.3) is 0 Å². The van der Waals surface area contributed by atoms with Crippen LogP contribution in [0.3, 0.4) is 0 Å². The van der Waals surface area contributed by atoms with Crippen molar-refractivity contribution in [3.63, 3.8) is 0 Å². The number of rotatable bonds is 7. The molecule has 2 aromatic rings. The van der Waals surface area contributed by atoms with Gasteiger partial charge < -0.3 is 5.32 Å². The van der Waals surface area contributed by atoms with E-state index in [2.05, 4.69) is 57.4 Å². The highest BCUT2D eigenvalue weighted by Gasteiger charge is 2.10. The van der Waals surface area contributed by atoms with Crippen LogP contribution in [0.2, 0.25) is 0 Å². The minimum atomic E-state index is 0.344. The van der Waals surface area contributed by atoms with Gasteiger partial charge in [-0.15, -0.1) is 11.8 Å². The van der Waals surface area contributed by atoms with Crippen molar-refractivity contribution >= 4 is 27.7 Å². The van der Waals surface area contributed by atoms with E-state index in [0.29, 0.717) is 6.04 Å². The normalized spacial score (nSPS) is 12.3. The third-order valence-corrected chi connectivity index (χ3v) is 4.87. The van der Waals surface area contributed by atoms with Crippen LogP contribution in [0.15, 0.2) is 52.1 Å². The van der Waals surface area contributed by atoms with Gasteiger partial charge in [-0.1, -0.05) is 37.6 Å². The molecule has 0 aliphatic carbocycles. The fourth-order valence-electron chi connectivity index (χ4n) is 2.17. The molecule has 112 valence electrons. The maximum Gasteiger partial charge on any atom is 0.0961 e. The van der Waals surface area contributed by atoms with Crippen LogP contribution in [0.1, 0.15) is 30.5 Å². The van der Waals surface area contributed by atoms with E-state index in [1.165, 1.54) is 17.5 Å². The Morgan fingerprint density at radius 2 is 1.95 bits per heavy atom. The largest absolute Gasteiger partial charge is 0.312 e. The van der Waals surface area contributed by atoms with Crippen molar-refractivity contribution in [1.29, 1.82) is 0 Å². The van der Waals surface area contributed by atoms with Gasteiger partial charge in [0, 0.05) is 22.5 Å². The summed E-state index contributed by atoms with van der Waals surface area (Å²) in [6, 6.07) is 13.4. The molecule has 0 saturated carbocycles. The summed E-state index contributed by atoms with van der Waals surface area (Å²) in [5, 5.41) is 4.45. The summed E-state index contributed by atoms with van der Waals surface area (Å²) < 4.78 is 1.02. The second-order valence-electron chi connectivity index (χ2n) is 4.96. The topological polar surface area (TPSA) is 24.9 Å². The van der Waals surface area contributed by atoms with E-state index >= 15 is 0 Å². The average Bonchev–Trinajstić information content (AvgIpc) is 2.51. The molecule has 1 heterocycles. The number of thioether (sulfide) groups is 1. The molecule has 21 heavy (non-hydrogen) atoms. The van der Waals surface area contributed by atoms with Crippen molar-refractivity contribution in [2.75, 3.05) is 12.8 Å². The van der Waals surface area contributed by atoms with Gasteiger partial charge in [0.2, 0.25) is 0 Å². The Kier molecular flexibility index (Phi) is 6.74. The molecule has 0 aliphatic heterocycles. The second kappa shape index (κ2) is 8.57. The van der Waals surface area contributed by atoms with Crippen LogP contribution in [-0.2, 0) is 6.42 Å². The lowest BCUT2D eigenvalue weighted by Gasteiger charge is -2.16. The molecule has 0 fully saturated rings. The molecule has 0 amide bonds. The van der Waals surface area contributed by atoms with Gasteiger partial charge >= 0.3 is 0 Å². The molecule has 1 aromatic carbocycles. The number of aromatic nitrogens is 1. The zero-order valence-corrected chi connectivity index (χ0v) is 14.9. The van der Waals surface area contributed by atoms with Gasteiger partial charge in [0.1, 0.15) is 0 Å². The first-order valence-corrected chi connectivity index (χ1v) is 9.01. The third kappa shape index (κ3) is 5.13. The first-order valence-electron chi connectivity index (χ1n) is 7.23. The smallest absolute Gasteiger partial charge is 0.0961 e. The summed E-state index contributed by atoms with van der Waals surface area (Å²) >= 11 is 5.19. The molecular weight excluding hydrogens is 344 g/mol. The Bertz CT molecular complexity index is 540. The number of nitrogens with zero attached hydrogens (tertiary/aromatic N) is 1. The zero-order chi connectivity index (χ0) is 15.1. The van der Waals surface area contributed by atoms with Crippen molar-refractivity contribution in [1.82, 2.24) is 10.3 Å². The van der Waals surface area contributed by atoms with Gasteiger partial charge in [0.05, 0.1) is 5.03 Å². The molecule has 2 nitrogen and oxygen atoms in total. The van der Waals surface area contributed by atoms with Crippen molar-refractivity contribution in [2.24, 2.45) is 0 Å². The van der Waals surface area contributed by atoms with E-state index in [1.54, 1.807) is 11.8 Å². The van der Waals surface area contributed by atoms with Crippen molar-refractivity contribution < 1.29 is 0 Å². The maximum atomic E-state index is 4.40. The fraction of sp³-hybridized carbons (Fsp3) is 0.353. The molecule has 0 radical (unpaired) electrons. The number of aryl methyl sites for hydroxylation is 1. The summed E-state index contributed by atoms with van der Waals surface area (Å²) in [6.45, 7) is 2.21. The second-order valence-corrected chi connectivity index (χ2v) is 6.91. The summed E-state index contributed by atoms with van der Waals surface area (Å²) in [5.41, 5.74) is 2.75. The van der Waals surface area contributed by atoms with E-state index in [4.69, 9.17) is 0 Å².